The predicted molar refractivity (Wildman–Crippen MR) is 88.2 cm³/mol. The maximum Gasteiger partial charge on any atom is 0.255 e. The lowest BCUT2D eigenvalue weighted by Crippen LogP contribution is -2.13. The summed E-state index contributed by atoms with van der Waals surface area (Å²) < 4.78 is 1.22. The molecule has 0 unspecified atom stereocenters. The van der Waals surface area contributed by atoms with E-state index in [0.717, 1.165) is 21.5 Å². The maximum atomic E-state index is 12.3. The average Bonchev–Trinajstić information content (AvgIpc) is 2.89. The third kappa shape index (κ3) is 2.57. The number of carbonyl (C=O) groups is 1. The molecular formula is C16H13NOS2. The minimum Gasteiger partial charge on any atom is -0.322 e. The zero-order valence-electron chi connectivity index (χ0n) is 10.9. The van der Waals surface area contributed by atoms with E-state index in [0.29, 0.717) is 5.56 Å². The molecule has 0 aliphatic carbocycles. The summed E-state index contributed by atoms with van der Waals surface area (Å²) in [5.74, 6) is -0.104. The summed E-state index contributed by atoms with van der Waals surface area (Å²) in [6, 6.07) is 13.6. The summed E-state index contributed by atoms with van der Waals surface area (Å²) in [5.41, 5.74) is 2.41. The molecule has 2 aromatic carbocycles. The Morgan fingerprint density at radius 1 is 1.15 bits per heavy atom. The van der Waals surface area contributed by atoms with Crippen molar-refractivity contribution in [1.29, 1.82) is 0 Å². The van der Waals surface area contributed by atoms with Gasteiger partial charge in [0.2, 0.25) is 0 Å². The summed E-state index contributed by atoms with van der Waals surface area (Å²) in [6.45, 7) is 1.92. The second-order valence-electron chi connectivity index (χ2n) is 4.63. The number of carbonyl (C=O) groups excluding carboxylic acids is 1. The first-order valence-electron chi connectivity index (χ1n) is 6.22. The van der Waals surface area contributed by atoms with Gasteiger partial charge in [0.1, 0.15) is 0 Å². The van der Waals surface area contributed by atoms with Gasteiger partial charge in [-0.2, -0.15) is 0 Å². The number of thiophene rings is 1. The van der Waals surface area contributed by atoms with Crippen molar-refractivity contribution in [3.63, 3.8) is 0 Å². The van der Waals surface area contributed by atoms with Crippen molar-refractivity contribution in [3.05, 3.63) is 59.0 Å². The van der Waals surface area contributed by atoms with Crippen molar-refractivity contribution in [1.82, 2.24) is 0 Å². The van der Waals surface area contributed by atoms with Crippen molar-refractivity contribution in [3.8, 4) is 0 Å². The zero-order valence-corrected chi connectivity index (χ0v) is 12.6. The molecule has 0 atom stereocenters. The molecule has 100 valence electrons. The van der Waals surface area contributed by atoms with Crippen LogP contribution in [0.25, 0.3) is 10.1 Å². The number of hydrogen-bond acceptors (Lipinski definition) is 3. The van der Waals surface area contributed by atoms with Gasteiger partial charge in [-0.25, -0.2) is 0 Å². The lowest BCUT2D eigenvalue weighted by atomic mass is 10.1. The van der Waals surface area contributed by atoms with Gasteiger partial charge in [0.25, 0.3) is 5.91 Å². The van der Waals surface area contributed by atoms with Gasteiger partial charge in [-0.3, -0.25) is 4.79 Å². The Balaban J connectivity index is 1.89. The Morgan fingerprint density at radius 3 is 2.85 bits per heavy atom. The predicted octanol–water partition coefficient (Wildman–Crippen LogP) is 4.75. The van der Waals surface area contributed by atoms with E-state index >= 15 is 0 Å². The van der Waals surface area contributed by atoms with Gasteiger partial charge in [0.05, 0.1) is 0 Å². The first-order valence-corrected chi connectivity index (χ1v) is 7.54. The van der Waals surface area contributed by atoms with Crippen LogP contribution in [0.3, 0.4) is 0 Å². The molecule has 1 aromatic heterocycles. The van der Waals surface area contributed by atoms with Gasteiger partial charge in [0.15, 0.2) is 0 Å². The molecule has 1 N–H and O–H groups in total. The van der Waals surface area contributed by atoms with Gasteiger partial charge in [0, 0.05) is 20.8 Å². The minimum absolute atomic E-state index is 0.104. The van der Waals surface area contributed by atoms with Crippen LogP contribution in [0.2, 0.25) is 0 Å². The molecule has 4 heteroatoms. The van der Waals surface area contributed by atoms with Crippen LogP contribution in [-0.2, 0) is 0 Å². The highest BCUT2D eigenvalue weighted by atomic mass is 32.1. The van der Waals surface area contributed by atoms with E-state index in [2.05, 4.69) is 24.0 Å². The number of nitrogens with one attached hydrogen (secondary N) is 1. The van der Waals surface area contributed by atoms with Crippen molar-refractivity contribution in [2.45, 2.75) is 11.8 Å². The van der Waals surface area contributed by atoms with Crippen LogP contribution in [0.15, 0.2) is 52.7 Å². The summed E-state index contributed by atoms with van der Waals surface area (Å²) in [4.78, 5) is 13.1. The first kappa shape index (κ1) is 13.2. The Bertz CT molecular complexity index is 792. The normalized spacial score (nSPS) is 10.7. The molecule has 0 bridgehead atoms. The number of rotatable bonds is 2. The van der Waals surface area contributed by atoms with E-state index in [1.165, 1.54) is 4.70 Å². The molecular weight excluding hydrogens is 286 g/mol. The lowest BCUT2D eigenvalue weighted by molar-refractivity contribution is 0.102. The third-order valence-electron chi connectivity index (χ3n) is 3.18. The monoisotopic (exact) mass is 299 g/mol. The van der Waals surface area contributed by atoms with Gasteiger partial charge >= 0.3 is 0 Å². The highest BCUT2D eigenvalue weighted by molar-refractivity contribution is 7.80. The molecule has 20 heavy (non-hydrogen) atoms. The molecule has 0 saturated heterocycles. The van der Waals surface area contributed by atoms with Crippen LogP contribution in [0.1, 0.15) is 15.9 Å². The fourth-order valence-electron chi connectivity index (χ4n) is 2.10. The van der Waals surface area contributed by atoms with Gasteiger partial charge in [-0.15, -0.1) is 24.0 Å². The van der Waals surface area contributed by atoms with Crippen molar-refractivity contribution in [2.75, 3.05) is 5.32 Å². The molecule has 0 aliphatic rings. The molecule has 0 saturated carbocycles. The molecule has 0 fully saturated rings. The number of hydrogen-bond donors (Lipinski definition) is 2. The number of amides is 1. The van der Waals surface area contributed by atoms with E-state index in [-0.39, 0.29) is 5.91 Å². The third-order valence-corrected chi connectivity index (χ3v) is 4.35. The number of aryl methyl sites for hydroxylation is 1. The SMILES string of the molecule is Cc1ccc(S)cc1C(=O)Nc1ccc2sccc2c1. The molecule has 2 nitrogen and oxygen atoms in total. The van der Waals surface area contributed by atoms with Crippen LogP contribution >= 0.6 is 24.0 Å². The second kappa shape index (κ2) is 5.31. The van der Waals surface area contributed by atoms with Crippen LogP contribution in [0.4, 0.5) is 5.69 Å². The van der Waals surface area contributed by atoms with Gasteiger partial charge in [-0.1, -0.05) is 6.07 Å². The van der Waals surface area contributed by atoms with E-state index in [9.17, 15) is 4.79 Å². The molecule has 0 aliphatic heterocycles. The molecule has 0 spiro atoms. The molecule has 1 amide bonds. The second-order valence-corrected chi connectivity index (χ2v) is 6.09. The molecule has 1 heterocycles. The highest BCUT2D eigenvalue weighted by Crippen LogP contribution is 2.24. The van der Waals surface area contributed by atoms with Crippen LogP contribution in [0, 0.1) is 6.92 Å². The Hall–Kier alpha value is -1.78. The van der Waals surface area contributed by atoms with Gasteiger partial charge in [-0.05, 0) is 59.7 Å². The lowest BCUT2D eigenvalue weighted by Gasteiger charge is -2.08. The van der Waals surface area contributed by atoms with Gasteiger partial charge < -0.3 is 5.32 Å². The van der Waals surface area contributed by atoms with Crippen molar-refractivity contribution < 1.29 is 4.79 Å². The Labute approximate surface area is 126 Å². The first-order chi connectivity index (χ1) is 9.63. The zero-order chi connectivity index (χ0) is 14.1. The minimum atomic E-state index is -0.104. The quantitative estimate of drug-likeness (QED) is 0.657. The summed E-state index contributed by atoms with van der Waals surface area (Å²) in [6.07, 6.45) is 0. The van der Waals surface area contributed by atoms with Crippen molar-refractivity contribution >= 4 is 45.6 Å². The number of anilines is 1. The van der Waals surface area contributed by atoms with Crippen LogP contribution < -0.4 is 5.32 Å². The van der Waals surface area contributed by atoms with E-state index in [1.54, 1.807) is 17.4 Å². The van der Waals surface area contributed by atoms with Crippen molar-refractivity contribution in [2.24, 2.45) is 0 Å². The maximum absolute atomic E-state index is 12.3. The number of benzene rings is 2. The summed E-state index contributed by atoms with van der Waals surface area (Å²) >= 11 is 5.98. The van der Waals surface area contributed by atoms with E-state index in [4.69, 9.17) is 0 Å². The van der Waals surface area contributed by atoms with Crippen LogP contribution in [-0.4, -0.2) is 5.91 Å². The molecule has 3 aromatic rings. The largest absolute Gasteiger partial charge is 0.322 e. The van der Waals surface area contributed by atoms with E-state index < -0.39 is 0 Å². The smallest absolute Gasteiger partial charge is 0.255 e. The van der Waals surface area contributed by atoms with E-state index in [1.807, 2.05) is 42.6 Å². The summed E-state index contributed by atoms with van der Waals surface area (Å²) in [5, 5.41) is 6.13. The standard InChI is InChI=1S/C16H13NOS2/c1-10-2-4-13(19)9-14(10)16(18)17-12-3-5-15-11(8-12)6-7-20-15/h2-9,19H,1H3,(H,17,18). The fraction of sp³-hybridized carbons (Fsp3) is 0.0625. The molecule has 3 rings (SSSR count). The average molecular weight is 299 g/mol. The number of thiol groups is 1. The Morgan fingerprint density at radius 2 is 2.00 bits per heavy atom. The topological polar surface area (TPSA) is 29.1 Å². The number of fused-ring (bicyclic) bond motifs is 1. The highest BCUT2D eigenvalue weighted by Gasteiger charge is 2.10. The Kier molecular flexibility index (Phi) is 3.51. The molecule has 0 radical (unpaired) electrons. The summed E-state index contributed by atoms with van der Waals surface area (Å²) in [7, 11) is 0. The fourth-order valence-corrected chi connectivity index (χ4v) is 3.07. The van der Waals surface area contributed by atoms with Crippen LogP contribution in [0.5, 0.6) is 0 Å².